The van der Waals surface area contributed by atoms with Crippen molar-refractivity contribution in [1.29, 1.82) is 0 Å². The Morgan fingerprint density at radius 1 is 0.828 bits per heavy atom. The Morgan fingerprint density at radius 3 is 2.10 bits per heavy atom. The second-order valence-electron chi connectivity index (χ2n) is 9.05. The van der Waals surface area contributed by atoms with E-state index in [1.165, 1.54) is 37.1 Å². The molecule has 2 aromatic carbocycles. The third-order valence-corrected chi connectivity index (χ3v) is 6.70. The molecular weight excluding hydrogens is 356 g/mol. The zero-order valence-electron chi connectivity index (χ0n) is 18.1. The molecule has 0 radical (unpaired) electrons. The van der Waals surface area contributed by atoms with Crippen LogP contribution in [0.2, 0.25) is 0 Å². The molecule has 0 aliphatic carbocycles. The van der Waals surface area contributed by atoms with Gasteiger partial charge in [-0.2, -0.15) is 0 Å². The number of piperidine rings is 2. The molecule has 2 heterocycles. The van der Waals surface area contributed by atoms with E-state index in [9.17, 15) is 0 Å². The molecule has 3 heteroatoms. The van der Waals surface area contributed by atoms with Crippen LogP contribution in [0.3, 0.4) is 0 Å². The quantitative estimate of drug-likeness (QED) is 0.662. The van der Waals surface area contributed by atoms with Gasteiger partial charge in [-0.05, 0) is 81.8 Å². The number of likely N-dealkylation sites (tertiary alicyclic amines) is 2. The van der Waals surface area contributed by atoms with E-state index in [4.69, 9.17) is 4.74 Å². The summed E-state index contributed by atoms with van der Waals surface area (Å²) >= 11 is 0. The lowest BCUT2D eigenvalue weighted by Crippen LogP contribution is -2.41. The largest absolute Gasteiger partial charge is 0.490 e. The highest BCUT2D eigenvalue weighted by atomic mass is 16.5. The molecule has 156 valence electrons. The third kappa shape index (κ3) is 5.61. The Labute approximate surface area is 176 Å². The lowest BCUT2D eigenvalue weighted by atomic mass is 9.89. The van der Waals surface area contributed by atoms with Crippen molar-refractivity contribution < 1.29 is 4.74 Å². The van der Waals surface area contributed by atoms with Gasteiger partial charge in [-0.25, -0.2) is 0 Å². The maximum atomic E-state index is 6.25. The van der Waals surface area contributed by atoms with Gasteiger partial charge in [0.15, 0.2) is 0 Å². The summed E-state index contributed by atoms with van der Waals surface area (Å²) in [6.07, 6.45) is 5.17. The summed E-state index contributed by atoms with van der Waals surface area (Å²) in [5.74, 6) is 1.75. The van der Waals surface area contributed by atoms with E-state index in [0.29, 0.717) is 12.1 Å². The first-order valence-corrected chi connectivity index (χ1v) is 11.4. The monoisotopic (exact) mass is 392 g/mol. The van der Waals surface area contributed by atoms with Crippen LogP contribution in [0.15, 0.2) is 54.6 Å². The third-order valence-electron chi connectivity index (χ3n) is 6.70. The van der Waals surface area contributed by atoms with Gasteiger partial charge in [0.05, 0.1) is 0 Å². The first-order chi connectivity index (χ1) is 14.2. The van der Waals surface area contributed by atoms with Gasteiger partial charge in [-0.3, -0.25) is 4.90 Å². The number of hydrogen-bond donors (Lipinski definition) is 0. The van der Waals surface area contributed by atoms with E-state index in [-0.39, 0.29) is 0 Å². The minimum absolute atomic E-state index is 0.368. The van der Waals surface area contributed by atoms with E-state index >= 15 is 0 Å². The fraction of sp³-hybridized carbons (Fsp3) is 0.538. The SMILES string of the molecule is CC(C)N1CCC(Oc2ccc(CN3CCC(c4ccccc4)CC3)cc2)CC1. The summed E-state index contributed by atoms with van der Waals surface area (Å²) in [4.78, 5) is 5.14. The van der Waals surface area contributed by atoms with Gasteiger partial charge < -0.3 is 9.64 Å². The van der Waals surface area contributed by atoms with Crippen molar-refractivity contribution in [2.45, 2.75) is 64.1 Å². The molecule has 0 aromatic heterocycles. The van der Waals surface area contributed by atoms with E-state index < -0.39 is 0 Å². The van der Waals surface area contributed by atoms with Gasteiger partial charge in [-0.1, -0.05) is 42.5 Å². The van der Waals surface area contributed by atoms with Gasteiger partial charge in [0.25, 0.3) is 0 Å². The summed E-state index contributed by atoms with van der Waals surface area (Å²) in [7, 11) is 0. The van der Waals surface area contributed by atoms with Gasteiger partial charge >= 0.3 is 0 Å². The minimum atomic E-state index is 0.368. The summed E-state index contributed by atoms with van der Waals surface area (Å²) in [6.45, 7) is 10.3. The highest BCUT2D eigenvalue weighted by molar-refractivity contribution is 5.27. The van der Waals surface area contributed by atoms with Crippen LogP contribution in [0.4, 0.5) is 0 Å². The molecule has 4 rings (SSSR count). The van der Waals surface area contributed by atoms with Gasteiger partial charge in [0.1, 0.15) is 11.9 Å². The molecule has 0 atom stereocenters. The van der Waals surface area contributed by atoms with Crippen LogP contribution in [0.5, 0.6) is 5.75 Å². The van der Waals surface area contributed by atoms with Crippen LogP contribution >= 0.6 is 0 Å². The van der Waals surface area contributed by atoms with Gasteiger partial charge in [-0.15, -0.1) is 0 Å². The summed E-state index contributed by atoms with van der Waals surface area (Å²) in [6, 6.07) is 20.5. The molecule has 0 N–H and O–H groups in total. The Morgan fingerprint density at radius 2 is 1.48 bits per heavy atom. The normalized spacial score (nSPS) is 20.2. The van der Waals surface area contributed by atoms with Crippen molar-refractivity contribution in [1.82, 2.24) is 9.80 Å². The molecule has 29 heavy (non-hydrogen) atoms. The van der Waals surface area contributed by atoms with Crippen LogP contribution < -0.4 is 4.74 Å². The highest BCUT2D eigenvalue weighted by Crippen LogP contribution is 2.28. The van der Waals surface area contributed by atoms with Crippen LogP contribution in [-0.4, -0.2) is 48.1 Å². The van der Waals surface area contributed by atoms with Crippen molar-refractivity contribution in [2.24, 2.45) is 0 Å². The maximum Gasteiger partial charge on any atom is 0.119 e. The van der Waals surface area contributed by atoms with E-state index in [0.717, 1.165) is 44.1 Å². The first-order valence-electron chi connectivity index (χ1n) is 11.4. The number of hydrogen-bond acceptors (Lipinski definition) is 3. The maximum absolute atomic E-state index is 6.25. The van der Waals surface area contributed by atoms with Crippen LogP contribution in [-0.2, 0) is 6.54 Å². The van der Waals surface area contributed by atoms with Crippen molar-refractivity contribution in [3.63, 3.8) is 0 Å². The van der Waals surface area contributed by atoms with E-state index in [1.807, 2.05) is 0 Å². The summed E-state index contributed by atoms with van der Waals surface area (Å²) < 4.78 is 6.25. The van der Waals surface area contributed by atoms with Crippen molar-refractivity contribution in [3.8, 4) is 5.75 Å². The Kier molecular flexibility index (Phi) is 6.89. The smallest absolute Gasteiger partial charge is 0.119 e. The van der Waals surface area contributed by atoms with Crippen molar-refractivity contribution in [2.75, 3.05) is 26.2 Å². The standard InChI is InChI=1S/C26H36N2O/c1-21(2)28-18-14-26(15-19-28)29-25-10-8-22(9-11-25)20-27-16-12-24(13-17-27)23-6-4-3-5-7-23/h3-11,21,24,26H,12-20H2,1-2H3. The summed E-state index contributed by atoms with van der Waals surface area (Å²) in [5, 5.41) is 0. The molecule has 3 nitrogen and oxygen atoms in total. The lowest BCUT2D eigenvalue weighted by molar-refractivity contribution is 0.0843. The fourth-order valence-corrected chi connectivity index (χ4v) is 4.78. The summed E-state index contributed by atoms with van der Waals surface area (Å²) in [5.41, 5.74) is 2.90. The minimum Gasteiger partial charge on any atom is -0.490 e. The second kappa shape index (κ2) is 9.77. The second-order valence-corrected chi connectivity index (χ2v) is 9.05. The molecule has 2 saturated heterocycles. The van der Waals surface area contributed by atoms with Crippen molar-refractivity contribution in [3.05, 3.63) is 65.7 Å². The zero-order chi connectivity index (χ0) is 20.1. The van der Waals surface area contributed by atoms with Gasteiger partial charge in [0.2, 0.25) is 0 Å². The number of ether oxygens (including phenoxy) is 1. The predicted octanol–water partition coefficient (Wildman–Crippen LogP) is 5.32. The molecule has 2 fully saturated rings. The average Bonchev–Trinajstić information content (AvgIpc) is 2.77. The fourth-order valence-electron chi connectivity index (χ4n) is 4.78. The molecule has 2 aliphatic rings. The molecule has 0 bridgehead atoms. The number of benzene rings is 2. The van der Waals surface area contributed by atoms with E-state index in [2.05, 4.69) is 78.2 Å². The molecule has 0 amide bonds. The van der Waals surface area contributed by atoms with Crippen molar-refractivity contribution >= 4 is 0 Å². The molecule has 0 saturated carbocycles. The Hall–Kier alpha value is -1.84. The Bertz CT molecular complexity index is 727. The molecule has 2 aliphatic heterocycles. The Balaban J connectivity index is 1.22. The average molecular weight is 393 g/mol. The van der Waals surface area contributed by atoms with Gasteiger partial charge in [0, 0.05) is 25.7 Å². The molecular formula is C26H36N2O. The number of rotatable bonds is 6. The predicted molar refractivity (Wildman–Crippen MR) is 120 cm³/mol. The topological polar surface area (TPSA) is 15.7 Å². The first kappa shape index (κ1) is 20.4. The molecule has 0 unspecified atom stereocenters. The zero-order valence-corrected chi connectivity index (χ0v) is 18.1. The highest BCUT2D eigenvalue weighted by Gasteiger charge is 2.22. The van der Waals surface area contributed by atoms with Crippen LogP contribution in [0.1, 0.15) is 56.6 Å². The number of nitrogens with zero attached hydrogens (tertiary/aromatic N) is 2. The van der Waals surface area contributed by atoms with Crippen LogP contribution in [0.25, 0.3) is 0 Å². The van der Waals surface area contributed by atoms with E-state index in [1.54, 1.807) is 0 Å². The molecule has 2 aromatic rings. The lowest BCUT2D eigenvalue weighted by Gasteiger charge is -2.34. The molecule has 0 spiro atoms. The van der Waals surface area contributed by atoms with Crippen LogP contribution in [0, 0.1) is 0 Å².